The number of hydrogen-bond acceptors (Lipinski definition) is 25. The molecule has 0 saturated carbocycles. The first-order chi connectivity index (χ1) is 67.2. The lowest BCUT2D eigenvalue weighted by atomic mass is 9.80. The summed E-state index contributed by atoms with van der Waals surface area (Å²) in [6.45, 7) is 14.7. The number of benzene rings is 7. The van der Waals surface area contributed by atoms with Gasteiger partial charge in [0.1, 0.15) is 19.5 Å². The molecule has 0 unspecified atom stereocenters. The number of nitrogens with zero attached hydrogens (tertiary/aromatic N) is 1. The number of carboxylic acid groups (broad SMARTS) is 2. The minimum atomic E-state index is -4.52. The summed E-state index contributed by atoms with van der Waals surface area (Å²) in [6.07, 6.45) is -17.9. The number of ketones is 2. The topological polar surface area (TPSA) is 286 Å². The largest absolute Gasteiger partial charge is 0.488 e. The lowest BCUT2D eigenvalue weighted by Crippen LogP contribution is -2.29. The van der Waals surface area contributed by atoms with Crippen LogP contribution in [0.1, 0.15) is 132 Å². The molecule has 46 heteroatoms. The molecule has 4 N–H and O–H groups in total. The Bertz CT molecular complexity index is 8320. The minimum absolute atomic E-state index is 0.0138. The van der Waals surface area contributed by atoms with Gasteiger partial charge in [-0.2, -0.15) is 57.9 Å². The van der Waals surface area contributed by atoms with Gasteiger partial charge in [-0.3, -0.25) is 19.2 Å². The van der Waals surface area contributed by atoms with Crippen LogP contribution in [0.5, 0.6) is 0 Å². The highest BCUT2D eigenvalue weighted by Gasteiger charge is 2.38. The van der Waals surface area contributed by atoms with Crippen molar-refractivity contribution in [3.05, 3.63) is 272 Å². The number of nitriles is 1. The monoisotopic (exact) mass is 2530 g/mol. The van der Waals surface area contributed by atoms with E-state index >= 15 is 0 Å². The first-order valence-electron chi connectivity index (χ1n) is 41.0. The molecule has 19 rings (SSSR count). The molecule has 17 nitrogen and oxygen atoms in total. The smallest absolute Gasteiger partial charge is 0.477 e. The lowest BCUT2D eigenvalue weighted by Gasteiger charge is -2.08. The summed E-state index contributed by atoms with van der Waals surface area (Å²) in [5, 5.41) is 48.0. The second-order valence-corrected chi connectivity index (χ2v) is 46.3. The summed E-state index contributed by atoms with van der Waals surface area (Å²) < 4.78 is 183. The summed E-state index contributed by atoms with van der Waals surface area (Å²) in [7, 11) is -1.73. The zero-order valence-corrected chi connectivity index (χ0v) is 91.4. The van der Waals surface area contributed by atoms with Crippen LogP contribution in [0.2, 0.25) is 0 Å². The van der Waals surface area contributed by atoms with Crippen molar-refractivity contribution in [1.82, 2.24) is 0 Å². The Labute approximate surface area is 890 Å². The van der Waals surface area contributed by atoms with E-state index in [1.54, 1.807) is 55.6 Å². The van der Waals surface area contributed by atoms with Gasteiger partial charge in [0.15, 0.2) is 17.6 Å². The molecule has 738 valence electrons. The molecular formula is C97H60BBr6F12NO16S10. The van der Waals surface area contributed by atoms with E-state index in [1.807, 2.05) is 75.4 Å². The Hall–Kier alpha value is -9.62. The van der Waals surface area contributed by atoms with Crippen LogP contribution in [0.15, 0.2) is 193 Å². The van der Waals surface area contributed by atoms with E-state index in [4.69, 9.17) is 24.8 Å². The highest BCUT2D eigenvalue weighted by atomic mass is 79.9. The molecule has 0 saturated heterocycles. The van der Waals surface area contributed by atoms with Gasteiger partial charge in [0.05, 0.1) is 134 Å². The van der Waals surface area contributed by atoms with Crippen molar-refractivity contribution in [1.29, 1.82) is 5.26 Å². The number of halogens is 18. The number of ether oxygens (including phenoxy) is 3. The molecule has 0 amide bonds. The fraction of sp³-hybridized carbons (Fsp3) is 0.155. The van der Waals surface area contributed by atoms with Crippen LogP contribution in [0.4, 0.5) is 52.7 Å². The van der Waals surface area contributed by atoms with Crippen molar-refractivity contribution < 1.29 is 121 Å². The molecular weight excluding hydrogens is 2470 g/mol. The fourth-order valence-corrected chi connectivity index (χ4v) is 32.0. The number of aryl methyl sites for hydroxylation is 3. The zero-order valence-electron chi connectivity index (χ0n) is 73.7. The number of carbonyl (C=O) groups excluding carboxylic acids is 5. The van der Waals surface area contributed by atoms with Crippen LogP contribution in [0.25, 0.3) is 133 Å². The summed E-state index contributed by atoms with van der Waals surface area (Å²) in [4.78, 5) is 110. The average Bonchev–Trinajstić information content (AvgIpc) is 1.53. The molecule has 9 aromatic carbocycles. The molecule has 0 aliphatic heterocycles. The summed E-state index contributed by atoms with van der Waals surface area (Å²) in [6, 6.07) is 37.8. The van der Waals surface area contributed by atoms with Crippen molar-refractivity contribution in [2.45, 2.75) is 80.1 Å². The highest BCUT2D eigenvalue weighted by molar-refractivity contribution is 9.14. The maximum absolute atomic E-state index is 13.1. The summed E-state index contributed by atoms with van der Waals surface area (Å²) >= 11 is 33.9. The van der Waals surface area contributed by atoms with Crippen LogP contribution >= 0.6 is 209 Å². The van der Waals surface area contributed by atoms with Crippen LogP contribution in [-0.4, -0.2) is 88.6 Å². The van der Waals surface area contributed by atoms with E-state index in [0.717, 1.165) is 166 Å². The summed E-state index contributed by atoms with van der Waals surface area (Å²) in [5.41, 5.74) is 3.50. The molecule has 10 aromatic heterocycles. The Morgan fingerprint density at radius 2 is 0.643 bits per heavy atom. The molecule has 10 heterocycles. The van der Waals surface area contributed by atoms with E-state index in [2.05, 4.69) is 100 Å². The predicted octanol–water partition coefficient (Wildman–Crippen LogP) is 32.9. The highest BCUT2D eigenvalue weighted by Crippen LogP contribution is 2.56. The maximum Gasteiger partial charge on any atom is 0.488 e. The van der Waals surface area contributed by atoms with Crippen molar-refractivity contribution >= 4 is 352 Å². The quantitative estimate of drug-likeness (QED) is 0.0196. The van der Waals surface area contributed by atoms with E-state index in [0.29, 0.717) is 92.5 Å². The number of carbonyl (C=O) groups is 7. The van der Waals surface area contributed by atoms with E-state index in [-0.39, 0.29) is 73.3 Å². The molecule has 143 heavy (non-hydrogen) atoms. The van der Waals surface area contributed by atoms with Crippen molar-refractivity contribution in [3.63, 3.8) is 0 Å². The van der Waals surface area contributed by atoms with Crippen molar-refractivity contribution in [2.75, 3.05) is 19.8 Å². The van der Waals surface area contributed by atoms with Crippen LogP contribution in [0, 0.1) is 32.1 Å². The number of carboxylic acids is 2. The number of aromatic carboxylic acids is 2. The molecule has 0 fully saturated rings. The molecule has 0 aliphatic rings. The predicted molar refractivity (Wildman–Crippen MR) is 570 cm³/mol. The van der Waals surface area contributed by atoms with Crippen molar-refractivity contribution in [2.24, 2.45) is 0 Å². The van der Waals surface area contributed by atoms with Gasteiger partial charge in [-0.05, 0) is 232 Å². The Morgan fingerprint density at radius 1 is 0.343 bits per heavy atom. The first-order valence-corrected chi connectivity index (χ1v) is 53.9. The number of hydrogen-bond donors (Lipinski definition) is 4. The van der Waals surface area contributed by atoms with Gasteiger partial charge in [-0.25, -0.2) is 24.0 Å². The van der Waals surface area contributed by atoms with Gasteiger partial charge >= 0.3 is 61.7 Å². The maximum atomic E-state index is 13.1. The average molecular weight is 2530 g/mol. The van der Waals surface area contributed by atoms with E-state index in [1.165, 1.54) is 128 Å². The van der Waals surface area contributed by atoms with E-state index < -0.39 is 78.0 Å². The standard InChI is InChI=1S/C25H19F3O3S2.C22H13F3O4S2.C22H9F3O2S2.C11H8Br2O3S2.C7H6BF3O2.C6Br4S2.C4H5NO2/c1-4-31-24(30)23-19(16-9-11-17(12-10-16)25(26,27)28)22-21(33-23)18(20(32-22)14(3)29)15-7-5-13(2)6-8-15;1-10-2-4-11(5-3-10)14-16-17(31-18(14)20(26)27)15(19(30-16)21(28)29)12-6-8-13(9-7-12)22(23,24)25;1-8-2-4-10-12(6-8)16(26)18-14(10)20-21(28-18)15-11-5-3-9(22(23,24)25)7-13(11)17(27)19(15)29-20;1-3-16-11(15)10-6(13)9-8(18-10)5(12)7(17-9)4(2)14;9-7(10,11)5-1-3-6(4-2-5)8(12)13;7-1-3-4(12-5(1)9)2(8)6(10)11-3;1-2-7-4(6)3-5/h5-12H,4H2,1-3H3;2-9H,1H3,(H,26,27)(H,28,29);2-7H,1H3;3H2,1-2H3;1-4,12-13H;;2H2,1H3. The molecule has 0 atom stereocenters. The number of rotatable bonds is 14. The van der Waals surface area contributed by atoms with E-state index in [9.17, 15) is 106 Å². The minimum Gasteiger partial charge on any atom is -0.477 e. The number of alkyl halides is 12. The number of Topliss-reactive ketones (excluding diaryl/α,β-unsaturated/α-hetero) is 2. The van der Waals surface area contributed by atoms with Crippen LogP contribution in [-0.2, 0) is 43.7 Å². The Morgan fingerprint density at radius 3 is 1.00 bits per heavy atom. The fourth-order valence-electron chi connectivity index (χ4n) is 14.3. The van der Waals surface area contributed by atoms with Gasteiger partial charge in [0.25, 0.3) is 0 Å². The van der Waals surface area contributed by atoms with Gasteiger partial charge in [-0.15, -0.1) is 113 Å². The third kappa shape index (κ3) is 23.5. The first kappa shape index (κ1) is 111. The third-order valence-corrected chi connectivity index (χ3v) is 41.3. The van der Waals surface area contributed by atoms with Gasteiger partial charge in [0.2, 0.25) is 10.9 Å². The third-order valence-electron chi connectivity index (χ3n) is 20.8. The van der Waals surface area contributed by atoms with Gasteiger partial charge < -0.3 is 34.5 Å². The van der Waals surface area contributed by atoms with Crippen LogP contribution in [0.3, 0.4) is 0 Å². The second-order valence-electron chi connectivity index (χ2n) is 30.3. The molecule has 0 radical (unpaired) electrons. The lowest BCUT2D eigenvalue weighted by molar-refractivity contribution is -0.138. The SMILES string of the molecule is Brc1sc2c(Br)c(Br)sc2c1Br.CCOC(=O)C#N.CCOC(=O)c1sc2c(-c3ccc(C)cc3)c(C(C)=O)sc2c1-c1ccc(C(F)(F)F)cc1.CCOC(=O)c1sc2c(Br)c(C(C)=O)sc2c1Br.Cc1ccc(-c2c(C(=O)O)sc3c(-c4ccc(C(F)(F)F)cc4)c(C(=O)O)sc23)cc1.Cc1ccc2c(c1)c(=O)c1sc3c(sc4c(=O)c5cc(C(F)(F)F)ccc5c43)c12.OB(O)c1ccc(C(F)(F)F)cc1. The van der Waals surface area contributed by atoms with Crippen molar-refractivity contribution in [3.8, 4) is 50.6 Å². The normalized spacial score (nSPS) is 11.6. The summed E-state index contributed by atoms with van der Waals surface area (Å²) in [5.74, 6) is -4.18. The Balaban J connectivity index is 0.000000147. The van der Waals surface area contributed by atoms with Gasteiger partial charge in [-0.1, -0.05) is 132 Å². The molecule has 0 aliphatic carbocycles. The van der Waals surface area contributed by atoms with Gasteiger partial charge in [0, 0.05) is 43.8 Å². The molecule has 0 bridgehead atoms. The molecule has 0 spiro atoms. The number of fused-ring (bicyclic) bond motifs is 13. The number of esters is 3. The molecule has 19 aromatic rings. The second kappa shape index (κ2) is 45.0. The zero-order chi connectivity index (χ0) is 105. The Kier molecular flexibility index (Phi) is 34.8. The van der Waals surface area contributed by atoms with Crippen LogP contribution < -0.4 is 16.3 Å². The number of thiophene rings is 10.